The van der Waals surface area contributed by atoms with Crippen LogP contribution in [0.4, 0.5) is 11.4 Å². The SMILES string of the molecule is COC(=O)c1cc2c(cc1C)/C(=C(/Nc1ccc(C(=O)N3CC[C@@H](CN(C)C)[C@H](O)C3)cc1)c1ccccc1)C(=O)N2. The largest absolute Gasteiger partial charge is 0.465 e. The fourth-order valence-corrected chi connectivity index (χ4v) is 5.66. The number of piperidine rings is 1. The summed E-state index contributed by atoms with van der Waals surface area (Å²) in [6.45, 7) is 3.51. The molecule has 218 valence electrons. The Kier molecular flexibility index (Phi) is 8.42. The molecule has 0 saturated carbocycles. The zero-order valence-corrected chi connectivity index (χ0v) is 24.3. The van der Waals surface area contributed by atoms with Gasteiger partial charge in [0.05, 0.1) is 35.7 Å². The van der Waals surface area contributed by atoms with Crippen molar-refractivity contribution >= 4 is 40.4 Å². The first kappa shape index (κ1) is 29.0. The molecule has 0 aliphatic carbocycles. The summed E-state index contributed by atoms with van der Waals surface area (Å²) < 4.78 is 4.90. The summed E-state index contributed by atoms with van der Waals surface area (Å²) in [7, 11) is 5.30. The van der Waals surface area contributed by atoms with Crippen LogP contribution in [0.25, 0.3) is 11.3 Å². The van der Waals surface area contributed by atoms with Crippen LogP contribution in [0.15, 0.2) is 66.7 Å². The third kappa shape index (κ3) is 5.93. The Morgan fingerprint density at radius 2 is 1.79 bits per heavy atom. The second-order valence-corrected chi connectivity index (χ2v) is 11.1. The molecule has 0 spiro atoms. The Morgan fingerprint density at radius 1 is 1.07 bits per heavy atom. The number of rotatable bonds is 7. The minimum absolute atomic E-state index is 0.119. The van der Waals surface area contributed by atoms with E-state index in [4.69, 9.17) is 4.74 Å². The summed E-state index contributed by atoms with van der Waals surface area (Å²) in [5, 5.41) is 16.9. The van der Waals surface area contributed by atoms with Crippen LogP contribution in [-0.4, -0.2) is 79.6 Å². The number of anilines is 2. The third-order valence-corrected chi connectivity index (χ3v) is 7.84. The van der Waals surface area contributed by atoms with Gasteiger partial charge in [-0.1, -0.05) is 30.3 Å². The molecule has 2 amide bonds. The van der Waals surface area contributed by atoms with Gasteiger partial charge in [-0.2, -0.15) is 0 Å². The summed E-state index contributed by atoms with van der Waals surface area (Å²) in [5.74, 6) is -0.730. The van der Waals surface area contributed by atoms with Crippen molar-refractivity contribution in [2.75, 3.05) is 51.5 Å². The van der Waals surface area contributed by atoms with Gasteiger partial charge in [0.1, 0.15) is 0 Å². The van der Waals surface area contributed by atoms with E-state index in [0.29, 0.717) is 58.0 Å². The Bertz CT molecular complexity index is 1530. The minimum atomic E-state index is -0.557. The molecule has 0 radical (unpaired) electrons. The number of nitrogens with zero attached hydrogens (tertiary/aromatic N) is 2. The van der Waals surface area contributed by atoms with Crippen molar-refractivity contribution in [1.29, 1.82) is 0 Å². The number of ether oxygens (including phenoxy) is 1. The summed E-state index contributed by atoms with van der Waals surface area (Å²) in [4.78, 5) is 42.6. The number of nitrogens with one attached hydrogen (secondary N) is 2. The Morgan fingerprint density at radius 3 is 2.43 bits per heavy atom. The molecule has 3 N–H and O–H groups in total. The van der Waals surface area contributed by atoms with Crippen LogP contribution in [-0.2, 0) is 9.53 Å². The van der Waals surface area contributed by atoms with Crippen molar-refractivity contribution in [3.05, 3.63) is 94.5 Å². The molecule has 3 aromatic carbocycles. The van der Waals surface area contributed by atoms with Gasteiger partial charge in [-0.15, -0.1) is 0 Å². The summed E-state index contributed by atoms with van der Waals surface area (Å²) in [6.07, 6.45) is 0.196. The highest BCUT2D eigenvalue weighted by Gasteiger charge is 2.32. The molecule has 42 heavy (non-hydrogen) atoms. The summed E-state index contributed by atoms with van der Waals surface area (Å²) in [5.41, 5.74) is 5.39. The maximum atomic E-state index is 13.3. The van der Waals surface area contributed by atoms with Crippen LogP contribution in [0, 0.1) is 12.8 Å². The Balaban J connectivity index is 1.42. The van der Waals surface area contributed by atoms with Crippen LogP contribution in [0.5, 0.6) is 0 Å². The molecule has 2 aliphatic rings. The number of β-amino-alcohol motifs (C(OH)–C–C–N with tert-alkyl or cyclic N) is 1. The average molecular weight is 569 g/mol. The first-order valence-corrected chi connectivity index (χ1v) is 14.0. The van der Waals surface area contributed by atoms with Gasteiger partial charge >= 0.3 is 5.97 Å². The van der Waals surface area contributed by atoms with Gasteiger partial charge in [0.2, 0.25) is 0 Å². The number of likely N-dealkylation sites (tertiary alicyclic amines) is 1. The fourth-order valence-electron chi connectivity index (χ4n) is 5.66. The summed E-state index contributed by atoms with van der Waals surface area (Å²) in [6, 6.07) is 20.1. The lowest BCUT2D eigenvalue weighted by Crippen LogP contribution is -2.48. The number of hydrogen-bond donors (Lipinski definition) is 3. The van der Waals surface area contributed by atoms with E-state index in [-0.39, 0.29) is 17.7 Å². The number of aliphatic hydroxyl groups is 1. The molecule has 3 aromatic rings. The number of benzene rings is 3. The van der Waals surface area contributed by atoms with Crippen molar-refractivity contribution < 1.29 is 24.2 Å². The number of carbonyl (C=O) groups excluding carboxylic acids is 3. The van der Waals surface area contributed by atoms with Crippen LogP contribution < -0.4 is 10.6 Å². The Labute approximate surface area is 245 Å². The summed E-state index contributed by atoms with van der Waals surface area (Å²) >= 11 is 0. The molecule has 0 aromatic heterocycles. The number of methoxy groups -OCH3 is 1. The maximum absolute atomic E-state index is 13.3. The number of amides is 2. The van der Waals surface area contributed by atoms with Crippen molar-refractivity contribution in [2.45, 2.75) is 19.4 Å². The van der Waals surface area contributed by atoms with E-state index in [0.717, 1.165) is 18.5 Å². The van der Waals surface area contributed by atoms with Gasteiger partial charge in [0, 0.05) is 42.4 Å². The van der Waals surface area contributed by atoms with Crippen LogP contribution in [0.3, 0.4) is 0 Å². The number of carbonyl (C=O) groups is 3. The lowest BCUT2D eigenvalue weighted by molar-refractivity contribution is -0.110. The highest BCUT2D eigenvalue weighted by atomic mass is 16.5. The standard InChI is InChI=1S/C33H36N4O5/c1-20-16-26-27(17-25(20)33(41)42-4)35-31(39)29(26)30(21-8-6-5-7-9-21)34-24-12-10-22(11-13-24)32(40)37-15-14-23(18-36(2)3)28(38)19-37/h5-13,16-17,23,28,34,38H,14-15,18-19H2,1-4H3,(H,35,39)/b30-29-/t23-,28+/m0/s1. The van der Waals surface area contributed by atoms with E-state index in [1.54, 1.807) is 23.1 Å². The Hall–Kier alpha value is -4.47. The smallest absolute Gasteiger partial charge is 0.338 e. The molecule has 1 saturated heterocycles. The van der Waals surface area contributed by atoms with Gasteiger partial charge < -0.3 is 30.3 Å². The van der Waals surface area contributed by atoms with Crippen molar-refractivity contribution in [1.82, 2.24) is 9.80 Å². The first-order chi connectivity index (χ1) is 20.2. The topological polar surface area (TPSA) is 111 Å². The second-order valence-electron chi connectivity index (χ2n) is 11.1. The number of hydrogen-bond acceptors (Lipinski definition) is 7. The zero-order valence-electron chi connectivity index (χ0n) is 24.3. The van der Waals surface area contributed by atoms with Crippen molar-refractivity contribution in [2.24, 2.45) is 5.92 Å². The molecule has 1 fully saturated rings. The molecule has 0 bridgehead atoms. The van der Waals surface area contributed by atoms with E-state index in [2.05, 4.69) is 15.5 Å². The fraction of sp³-hybridized carbons (Fsp3) is 0.303. The molecule has 0 unspecified atom stereocenters. The lowest BCUT2D eigenvalue weighted by Gasteiger charge is -2.37. The van der Waals surface area contributed by atoms with E-state index >= 15 is 0 Å². The number of aliphatic hydroxyl groups excluding tert-OH is 1. The zero-order chi connectivity index (χ0) is 30.0. The molecule has 5 rings (SSSR count). The normalized spacial score (nSPS) is 19.3. The number of aryl methyl sites for hydroxylation is 1. The highest BCUT2D eigenvalue weighted by molar-refractivity contribution is 6.37. The first-order valence-electron chi connectivity index (χ1n) is 14.0. The molecule has 2 atom stereocenters. The van der Waals surface area contributed by atoms with E-state index in [9.17, 15) is 19.5 Å². The van der Waals surface area contributed by atoms with Crippen LogP contribution in [0.2, 0.25) is 0 Å². The molecular weight excluding hydrogens is 532 g/mol. The average Bonchev–Trinajstić information content (AvgIpc) is 3.30. The predicted octanol–water partition coefficient (Wildman–Crippen LogP) is 4.10. The van der Waals surface area contributed by atoms with Crippen molar-refractivity contribution in [3.8, 4) is 0 Å². The molecular formula is C33H36N4O5. The van der Waals surface area contributed by atoms with Gasteiger partial charge in [-0.25, -0.2) is 4.79 Å². The van der Waals surface area contributed by atoms with Gasteiger partial charge in [0.15, 0.2) is 0 Å². The predicted molar refractivity (Wildman–Crippen MR) is 163 cm³/mol. The number of fused-ring (bicyclic) bond motifs is 1. The van der Waals surface area contributed by atoms with Crippen molar-refractivity contribution in [3.63, 3.8) is 0 Å². The molecule has 9 nitrogen and oxygen atoms in total. The van der Waals surface area contributed by atoms with Gasteiger partial charge in [-0.3, -0.25) is 9.59 Å². The van der Waals surface area contributed by atoms with Gasteiger partial charge in [0.25, 0.3) is 11.8 Å². The highest BCUT2D eigenvalue weighted by Crippen LogP contribution is 2.39. The van der Waals surface area contributed by atoms with Gasteiger partial charge in [-0.05, 0) is 75.0 Å². The molecule has 2 heterocycles. The molecule has 9 heteroatoms. The monoisotopic (exact) mass is 568 g/mol. The third-order valence-electron chi connectivity index (χ3n) is 7.84. The maximum Gasteiger partial charge on any atom is 0.338 e. The van der Waals surface area contributed by atoms with E-state index in [1.165, 1.54) is 7.11 Å². The van der Waals surface area contributed by atoms with Crippen LogP contribution >= 0.6 is 0 Å². The quantitative estimate of drug-likeness (QED) is 0.291. The molecule has 2 aliphatic heterocycles. The van der Waals surface area contributed by atoms with Crippen LogP contribution in [0.1, 0.15) is 43.8 Å². The lowest BCUT2D eigenvalue weighted by atomic mass is 9.93. The van der Waals surface area contributed by atoms with E-state index < -0.39 is 12.1 Å². The van der Waals surface area contributed by atoms with E-state index in [1.807, 2.05) is 69.6 Å². The number of esters is 1. The second kappa shape index (κ2) is 12.2. The minimum Gasteiger partial charge on any atom is -0.465 e.